The largest absolute Gasteiger partial charge is 0.456 e. The average molecular weight is 854 g/mol. The third-order valence-electron chi connectivity index (χ3n) is 15.7. The highest BCUT2D eigenvalue weighted by Crippen LogP contribution is 2.58. The van der Waals surface area contributed by atoms with Gasteiger partial charge in [0.25, 0.3) is 0 Å². The molecule has 3 heterocycles. The SMILES string of the molecule is CC(C)(C)c1ccc(Nc2cc3c(cc2-c2c4c(c5c6cc(C(C)(C)C)ccc6n6c5c2[B]c2cc5c(cc2-6)-c2ccccc2C5(C)C)-c2ccccc2C4(C)C)oc2ccccc23)cc1. The Morgan fingerprint density at radius 1 is 0.530 bits per heavy atom. The number of nitrogens with zero attached hydrogens (tertiary/aromatic N) is 1. The zero-order valence-electron chi connectivity index (χ0n) is 39.7. The maximum Gasteiger partial charge on any atom is 0.197 e. The first kappa shape index (κ1) is 39.6. The first-order valence-corrected chi connectivity index (χ1v) is 23.8. The molecule has 2 aromatic heterocycles. The van der Waals surface area contributed by atoms with Gasteiger partial charge >= 0.3 is 0 Å². The van der Waals surface area contributed by atoms with Crippen molar-refractivity contribution in [1.82, 2.24) is 4.57 Å². The van der Waals surface area contributed by atoms with E-state index in [1.54, 1.807) is 0 Å². The van der Waals surface area contributed by atoms with Gasteiger partial charge in [-0.25, -0.2) is 0 Å². The van der Waals surface area contributed by atoms with E-state index in [1.807, 2.05) is 0 Å². The monoisotopic (exact) mass is 853 g/mol. The van der Waals surface area contributed by atoms with Gasteiger partial charge in [-0.05, 0) is 126 Å². The molecule has 4 heteroatoms. The fraction of sp³-hybridized carbons (Fsp3) is 0.226. The van der Waals surface area contributed by atoms with Gasteiger partial charge in [0.05, 0.1) is 5.52 Å². The van der Waals surface area contributed by atoms with Crippen molar-refractivity contribution in [2.75, 3.05) is 5.32 Å². The molecule has 0 atom stereocenters. The molecule has 3 nitrogen and oxygen atoms in total. The first-order valence-electron chi connectivity index (χ1n) is 23.8. The van der Waals surface area contributed by atoms with Gasteiger partial charge in [-0.15, -0.1) is 0 Å². The van der Waals surface area contributed by atoms with Gasteiger partial charge in [-0.1, -0.05) is 166 Å². The second kappa shape index (κ2) is 13.0. The Balaban J connectivity index is 1.20. The molecule has 0 saturated carbocycles. The predicted molar refractivity (Wildman–Crippen MR) is 281 cm³/mol. The Hall–Kier alpha value is -6.78. The van der Waals surface area contributed by atoms with Crippen LogP contribution in [0.2, 0.25) is 0 Å². The normalized spacial score (nSPS) is 15.2. The zero-order valence-corrected chi connectivity index (χ0v) is 39.7. The fourth-order valence-electron chi connectivity index (χ4n) is 12.2. The van der Waals surface area contributed by atoms with Crippen LogP contribution in [0.15, 0.2) is 144 Å². The molecule has 10 aromatic rings. The van der Waals surface area contributed by atoms with E-state index in [0.29, 0.717) is 0 Å². The standard InChI is InChI=1S/C62H54BN2O/c1-59(2,3)34-23-26-36(27-24-34)64-48-30-41-38-18-13-16-22-51(38)66-52(41)32-42(48)55-56-53(39-19-12-15-21-45(39)62(56,9)10)54-43-29-35(60(4,5)6)25-28-49(43)65-50-31-40-37-17-11-14-20-44(37)61(7,8)46(40)33-47(50)63-57(55)58(54)65/h11-33,64H,1-10H3. The van der Waals surface area contributed by atoms with Crippen LogP contribution in [0.5, 0.6) is 0 Å². The molecular formula is C62H54BN2O. The van der Waals surface area contributed by atoms with Gasteiger partial charge < -0.3 is 14.3 Å². The fourth-order valence-corrected chi connectivity index (χ4v) is 12.2. The van der Waals surface area contributed by atoms with Crippen LogP contribution in [0.3, 0.4) is 0 Å². The van der Waals surface area contributed by atoms with Crippen LogP contribution in [-0.4, -0.2) is 11.8 Å². The number of benzene rings is 8. The lowest BCUT2D eigenvalue weighted by atomic mass is 9.56. The van der Waals surface area contributed by atoms with Crippen LogP contribution in [0.1, 0.15) is 103 Å². The highest BCUT2D eigenvalue weighted by molar-refractivity contribution is 6.74. The molecule has 0 fully saturated rings. The Morgan fingerprint density at radius 2 is 1.20 bits per heavy atom. The topological polar surface area (TPSA) is 30.1 Å². The van der Waals surface area contributed by atoms with E-state index in [2.05, 4.69) is 226 Å². The molecule has 2 aliphatic carbocycles. The lowest BCUT2D eigenvalue weighted by Gasteiger charge is -2.31. The van der Waals surface area contributed by atoms with Crippen LogP contribution in [0.25, 0.3) is 82.8 Å². The van der Waals surface area contributed by atoms with Crippen LogP contribution >= 0.6 is 0 Å². The lowest BCUT2D eigenvalue weighted by molar-refractivity contribution is 0.590. The third kappa shape index (κ3) is 5.27. The Labute approximate surface area is 388 Å². The number of rotatable bonds is 3. The van der Waals surface area contributed by atoms with E-state index in [9.17, 15) is 0 Å². The summed E-state index contributed by atoms with van der Waals surface area (Å²) in [5.74, 6) is 0. The summed E-state index contributed by atoms with van der Waals surface area (Å²) in [5.41, 5.74) is 25.5. The van der Waals surface area contributed by atoms with E-state index in [1.165, 1.54) is 99.6 Å². The Bertz CT molecular complexity index is 3770. The van der Waals surface area contributed by atoms with Crippen LogP contribution in [0.4, 0.5) is 11.4 Å². The van der Waals surface area contributed by atoms with Crippen molar-refractivity contribution in [2.45, 2.75) is 90.9 Å². The number of hydrogen-bond acceptors (Lipinski definition) is 2. The smallest absolute Gasteiger partial charge is 0.197 e. The summed E-state index contributed by atoms with van der Waals surface area (Å²) in [6.07, 6.45) is 0. The Morgan fingerprint density at radius 3 is 1.94 bits per heavy atom. The Kier molecular flexibility index (Phi) is 7.78. The minimum absolute atomic E-state index is 0.0281. The van der Waals surface area contributed by atoms with Gasteiger partial charge in [0.2, 0.25) is 0 Å². The van der Waals surface area contributed by atoms with Crippen molar-refractivity contribution in [1.29, 1.82) is 0 Å². The van der Waals surface area contributed by atoms with Gasteiger partial charge in [0, 0.05) is 60.5 Å². The minimum Gasteiger partial charge on any atom is -0.456 e. The number of aromatic nitrogens is 1. The van der Waals surface area contributed by atoms with Crippen molar-refractivity contribution in [3.8, 4) is 39.1 Å². The quantitative estimate of drug-likeness (QED) is 0.180. The molecule has 321 valence electrons. The van der Waals surface area contributed by atoms with Crippen molar-refractivity contribution >= 4 is 73.3 Å². The summed E-state index contributed by atoms with van der Waals surface area (Å²) in [6, 6.07) is 52.7. The summed E-state index contributed by atoms with van der Waals surface area (Å²) < 4.78 is 9.45. The summed E-state index contributed by atoms with van der Waals surface area (Å²) >= 11 is 0. The number of nitrogens with one attached hydrogen (secondary N) is 1. The molecule has 0 unspecified atom stereocenters. The highest BCUT2D eigenvalue weighted by Gasteiger charge is 2.44. The number of furan rings is 1. The van der Waals surface area contributed by atoms with Crippen molar-refractivity contribution < 1.29 is 4.42 Å². The van der Waals surface area contributed by atoms with Crippen LogP contribution in [-0.2, 0) is 21.7 Å². The first-order chi connectivity index (χ1) is 31.5. The molecule has 0 bridgehead atoms. The molecule has 1 N–H and O–H groups in total. The maximum absolute atomic E-state index is 6.81. The molecule has 3 aliphatic rings. The maximum atomic E-state index is 6.81. The third-order valence-corrected chi connectivity index (χ3v) is 15.7. The van der Waals surface area contributed by atoms with Crippen LogP contribution in [0, 0.1) is 0 Å². The molecule has 1 aliphatic heterocycles. The molecule has 0 saturated heterocycles. The van der Waals surface area contributed by atoms with Gasteiger partial charge in [0.1, 0.15) is 11.2 Å². The summed E-state index contributed by atoms with van der Waals surface area (Å²) in [4.78, 5) is 0. The molecule has 0 spiro atoms. The number of anilines is 2. The van der Waals surface area contributed by atoms with Crippen molar-refractivity contribution in [2.24, 2.45) is 0 Å². The second-order valence-corrected chi connectivity index (χ2v) is 22.5. The zero-order chi connectivity index (χ0) is 45.4. The van der Waals surface area contributed by atoms with Gasteiger partial charge in [-0.2, -0.15) is 0 Å². The van der Waals surface area contributed by atoms with Crippen LogP contribution < -0.4 is 16.2 Å². The van der Waals surface area contributed by atoms with E-state index < -0.39 is 0 Å². The van der Waals surface area contributed by atoms with Gasteiger partial charge in [-0.3, -0.25) is 0 Å². The molecule has 13 rings (SSSR count). The highest BCUT2D eigenvalue weighted by atomic mass is 16.3. The molecule has 8 aromatic carbocycles. The number of para-hydroxylation sites is 1. The van der Waals surface area contributed by atoms with Crippen molar-refractivity contribution in [3.05, 3.63) is 173 Å². The molecular weight excluding hydrogens is 800 g/mol. The van der Waals surface area contributed by atoms with Crippen molar-refractivity contribution in [3.63, 3.8) is 0 Å². The van der Waals surface area contributed by atoms with E-state index >= 15 is 0 Å². The van der Waals surface area contributed by atoms with E-state index in [4.69, 9.17) is 4.42 Å². The second-order valence-electron chi connectivity index (χ2n) is 22.5. The average Bonchev–Trinajstić information content (AvgIpc) is 3.96. The van der Waals surface area contributed by atoms with Gasteiger partial charge in [0.15, 0.2) is 7.28 Å². The number of fused-ring (bicyclic) bond motifs is 15. The van der Waals surface area contributed by atoms with E-state index in [-0.39, 0.29) is 21.7 Å². The summed E-state index contributed by atoms with van der Waals surface area (Å²) in [7, 11) is 2.54. The molecule has 0 amide bonds. The number of hydrogen-bond donors (Lipinski definition) is 1. The minimum atomic E-state index is -0.327. The summed E-state index contributed by atoms with van der Waals surface area (Å²) in [5, 5.41) is 8.90. The molecule has 66 heavy (non-hydrogen) atoms. The predicted octanol–water partition coefficient (Wildman–Crippen LogP) is 15.3. The van der Waals surface area contributed by atoms with E-state index in [0.717, 1.165) is 38.9 Å². The lowest BCUT2D eigenvalue weighted by Crippen LogP contribution is -2.39. The summed E-state index contributed by atoms with van der Waals surface area (Å²) in [6.45, 7) is 23.5. The molecule has 1 radical (unpaired) electrons.